The van der Waals surface area contributed by atoms with E-state index in [9.17, 15) is 14.4 Å². The summed E-state index contributed by atoms with van der Waals surface area (Å²) in [5.41, 5.74) is 0. The van der Waals surface area contributed by atoms with E-state index in [-0.39, 0.29) is 30.9 Å². The van der Waals surface area contributed by atoms with Gasteiger partial charge in [-0.15, -0.1) is 0 Å². The van der Waals surface area contributed by atoms with Gasteiger partial charge >= 0.3 is 6.09 Å². The first-order valence-electron chi connectivity index (χ1n) is 7.58. The maximum atomic E-state index is 12.0. The first-order valence-corrected chi connectivity index (χ1v) is 7.58. The topological polar surface area (TPSA) is 85.4 Å². The summed E-state index contributed by atoms with van der Waals surface area (Å²) in [7, 11) is 1.58. The summed E-state index contributed by atoms with van der Waals surface area (Å²) >= 11 is 0. The van der Waals surface area contributed by atoms with Crippen molar-refractivity contribution in [3.63, 3.8) is 0 Å². The zero-order valence-corrected chi connectivity index (χ0v) is 13.3. The molecule has 3 amide bonds. The highest BCUT2D eigenvalue weighted by molar-refractivity contribution is 5.97. The van der Waals surface area contributed by atoms with Crippen LogP contribution in [0.2, 0.25) is 0 Å². The molecule has 0 N–H and O–H groups in total. The van der Waals surface area contributed by atoms with Gasteiger partial charge in [-0.05, 0) is 24.3 Å². The fraction of sp³-hybridized carbons (Fsp3) is 0.438. The second-order valence-corrected chi connectivity index (χ2v) is 5.69. The van der Waals surface area contributed by atoms with Crippen molar-refractivity contribution in [2.24, 2.45) is 5.92 Å². The summed E-state index contributed by atoms with van der Waals surface area (Å²) in [6, 6.07) is 6.97. The van der Waals surface area contributed by atoms with Crippen LogP contribution in [0.3, 0.4) is 0 Å². The molecule has 128 valence electrons. The van der Waals surface area contributed by atoms with Crippen molar-refractivity contribution in [1.82, 2.24) is 9.80 Å². The minimum Gasteiger partial charge on any atom is -0.497 e. The molecule has 2 fully saturated rings. The molecule has 0 bridgehead atoms. The normalized spacial score (nSPS) is 17.5. The monoisotopic (exact) mass is 334 g/mol. The van der Waals surface area contributed by atoms with Crippen molar-refractivity contribution in [2.75, 3.05) is 40.0 Å². The van der Waals surface area contributed by atoms with Gasteiger partial charge in [0.25, 0.3) is 11.8 Å². The summed E-state index contributed by atoms with van der Waals surface area (Å²) < 4.78 is 15.1. The first kappa shape index (κ1) is 16.1. The predicted octanol–water partition coefficient (Wildman–Crippen LogP) is 0.511. The van der Waals surface area contributed by atoms with E-state index in [1.807, 2.05) is 0 Å². The summed E-state index contributed by atoms with van der Waals surface area (Å²) in [6.45, 7) is 1.05. The fourth-order valence-electron chi connectivity index (χ4n) is 2.61. The largest absolute Gasteiger partial charge is 0.497 e. The number of imide groups is 1. The molecule has 0 aromatic heterocycles. The minimum absolute atomic E-state index is 0.0518. The van der Waals surface area contributed by atoms with Gasteiger partial charge in [-0.25, -0.2) is 9.69 Å². The SMILES string of the molecule is COc1ccc(OCC(=O)N2CC(CN3C(=O)COC3=O)C2)cc1. The summed E-state index contributed by atoms with van der Waals surface area (Å²) in [6.07, 6.45) is -0.604. The molecule has 2 saturated heterocycles. The lowest BCUT2D eigenvalue weighted by molar-refractivity contribution is -0.140. The molecule has 2 aliphatic rings. The van der Waals surface area contributed by atoms with Crippen molar-refractivity contribution in [3.8, 4) is 11.5 Å². The average Bonchev–Trinajstić information content (AvgIpc) is 2.87. The number of hydrogen-bond donors (Lipinski definition) is 0. The molecule has 0 unspecified atom stereocenters. The molecule has 2 heterocycles. The Bertz CT molecular complexity index is 622. The summed E-state index contributed by atoms with van der Waals surface area (Å²) in [4.78, 5) is 37.6. The van der Waals surface area contributed by atoms with Crippen LogP contribution in [0.4, 0.5) is 4.79 Å². The van der Waals surface area contributed by atoms with Gasteiger partial charge < -0.3 is 19.1 Å². The number of benzene rings is 1. The third-order valence-corrected chi connectivity index (χ3v) is 4.01. The lowest BCUT2D eigenvalue weighted by atomic mass is 9.99. The van der Waals surface area contributed by atoms with Crippen LogP contribution in [-0.4, -0.2) is 67.7 Å². The number of rotatable bonds is 6. The van der Waals surface area contributed by atoms with E-state index in [0.717, 1.165) is 4.90 Å². The Balaban J connectivity index is 1.40. The molecule has 0 saturated carbocycles. The molecule has 24 heavy (non-hydrogen) atoms. The molecule has 3 rings (SSSR count). The van der Waals surface area contributed by atoms with E-state index in [1.54, 1.807) is 36.3 Å². The molecule has 0 atom stereocenters. The van der Waals surface area contributed by atoms with E-state index >= 15 is 0 Å². The highest BCUT2D eigenvalue weighted by Crippen LogP contribution is 2.20. The van der Waals surface area contributed by atoms with Crippen LogP contribution in [0.25, 0.3) is 0 Å². The minimum atomic E-state index is -0.604. The molecule has 1 aromatic rings. The maximum absolute atomic E-state index is 12.0. The molecule has 8 nitrogen and oxygen atoms in total. The molecule has 0 radical (unpaired) electrons. The number of ether oxygens (including phenoxy) is 3. The molecule has 0 aliphatic carbocycles. The van der Waals surface area contributed by atoms with Crippen molar-refractivity contribution in [2.45, 2.75) is 0 Å². The fourth-order valence-corrected chi connectivity index (χ4v) is 2.61. The van der Waals surface area contributed by atoms with Crippen LogP contribution < -0.4 is 9.47 Å². The van der Waals surface area contributed by atoms with Crippen molar-refractivity contribution in [1.29, 1.82) is 0 Å². The Morgan fingerprint density at radius 2 is 1.88 bits per heavy atom. The predicted molar refractivity (Wildman–Crippen MR) is 81.6 cm³/mol. The van der Waals surface area contributed by atoms with E-state index in [4.69, 9.17) is 9.47 Å². The van der Waals surface area contributed by atoms with Crippen LogP contribution in [-0.2, 0) is 14.3 Å². The highest BCUT2D eigenvalue weighted by Gasteiger charge is 2.38. The van der Waals surface area contributed by atoms with Crippen molar-refractivity contribution in [3.05, 3.63) is 24.3 Å². The second kappa shape index (κ2) is 6.77. The third-order valence-electron chi connectivity index (χ3n) is 4.01. The van der Waals surface area contributed by atoms with Crippen molar-refractivity contribution < 1.29 is 28.6 Å². The Labute approximate surface area is 138 Å². The number of methoxy groups -OCH3 is 1. The quantitative estimate of drug-likeness (QED) is 0.754. The Hall–Kier alpha value is -2.77. The van der Waals surface area contributed by atoms with E-state index in [2.05, 4.69) is 4.74 Å². The van der Waals surface area contributed by atoms with Gasteiger partial charge in [0, 0.05) is 25.6 Å². The summed E-state index contributed by atoms with van der Waals surface area (Å²) in [5, 5.41) is 0. The number of likely N-dealkylation sites (tertiary alicyclic amines) is 1. The van der Waals surface area contributed by atoms with Gasteiger partial charge in [0.15, 0.2) is 13.2 Å². The van der Waals surface area contributed by atoms with E-state index in [0.29, 0.717) is 31.1 Å². The van der Waals surface area contributed by atoms with E-state index in [1.165, 1.54) is 0 Å². The van der Waals surface area contributed by atoms with Crippen LogP contribution in [0, 0.1) is 5.92 Å². The highest BCUT2D eigenvalue weighted by atomic mass is 16.6. The zero-order valence-electron chi connectivity index (χ0n) is 13.3. The zero-order chi connectivity index (χ0) is 17.1. The van der Waals surface area contributed by atoms with Crippen molar-refractivity contribution >= 4 is 17.9 Å². The Morgan fingerprint density at radius 1 is 1.21 bits per heavy atom. The lowest BCUT2D eigenvalue weighted by Crippen LogP contribution is -2.55. The van der Waals surface area contributed by atoms with Crippen LogP contribution >= 0.6 is 0 Å². The smallest absolute Gasteiger partial charge is 0.417 e. The maximum Gasteiger partial charge on any atom is 0.417 e. The average molecular weight is 334 g/mol. The third kappa shape index (κ3) is 3.42. The number of nitrogens with zero attached hydrogens (tertiary/aromatic N) is 2. The molecule has 0 spiro atoms. The number of carbonyl (C=O) groups is 3. The second-order valence-electron chi connectivity index (χ2n) is 5.69. The molecule has 2 aliphatic heterocycles. The van der Waals surface area contributed by atoms with Crippen LogP contribution in [0.1, 0.15) is 0 Å². The number of hydrogen-bond acceptors (Lipinski definition) is 6. The standard InChI is InChI=1S/C16H18N2O6/c1-22-12-2-4-13(5-3-12)23-9-14(19)17-6-11(7-17)8-18-15(20)10-24-16(18)21/h2-5,11H,6-10H2,1H3. The molecular formula is C16H18N2O6. The van der Waals surface area contributed by atoms with Gasteiger partial charge in [-0.3, -0.25) is 9.59 Å². The summed E-state index contributed by atoms with van der Waals surface area (Å²) in [5.74, 6) is 0.940. The lowest BCUT2D eigenvalue weighted by Gasteiger charge is -2.40. The van der Waals surface area contributed by atoms with Gasteiger partial charge in [0.1, 0.15) is 11.5 Å². The van der Waals surface area contributed by atoms with Gasteiger partial charge in [0.2, 0.25) is 0 Å². The van der Waals surface area contributed by atoms with Gasteiger partial charge in [0.05, 0.1) is 7.11 Å². The number of carbonyl (C=O) groups excluding carboxylic acids is 3. The van der Waals surface area contributed by atoms with Gasteiger partial charge in [-0.1, -0.05) is 0 Å². The first-order chi connectivity index (χ1) is 11.6. The van der Waals surface area contributed by atoms with Gasteiger partial charge in [-0.2, -0.15) is 0 Å². The van der Waals surface area contributed by atoms with E-state index < -0.39 is 6.09 Å². The number of amides is 3. The Morgan fingerprint density at radius 3 is 2.46 bits per heavy atom. The molecule has 1 aromatic carbocycles. The molecule has 8 heteroatoms. The Kier molecular flexibility index (Phi) is 4.54. The van der Waals surface area contributed by atoms with Crippen LogP contribution in [0.5, 0.6) is 11.5 Å². The molecular weight excluding hydrogens is 316 g/mol. The van der Waals surface area contributed by atoms with Crippen LogP contribution in [0.15, 0.2) is 24.3 Å². The number of cyclic esters (lactones) is 1.